The lowest BCUT2D eigenvalue weighted by Gasteiger charge is -2.38. The molecule has 1 heterocycles. The monoisotopic (exact) mass is 473 g/mol. The summed E-state index contributed by atoms with van der Waals surface area (Å²) in [5.74, 6) is 0.926. The van der Waals surface area contributed by atoms with Crippen molar-refractivity contribution in [3.63, 3.8) is 0 Å². The van der Waals surface area contributed by atoms with Crippen molar-refractivity contribution in [2.24, 2.45) is 11.1 Å². The summed E-state index contributed by atoms with van der Waals surface area (Å²) in [4.78, 5) is 25.3. The van der Waals surface area contributed by atoms with Gasteiger partial charge < -0.3 is 23.7 Å². The van der Waals surface area contributed by atoms with E-state index in [0.717, 1.165) is 5.56 Å². The highest BCUT2D eigenvalue weighted by molar-refractivity contribution is 6.35. The van der Waals surface area contributed by atoms with Crippen LogP contribution in [-0.4, -0.2) is 38.8 Å². The third-order valence-corrected chi connectivity index (χ3v) is 6.46. The van der Waals surface area contributed by atoms with Crippen molar-refractivity contribution in [3.8, 4) is 23.0 Å². The number of ketones is 1. The van der Waals surface area contributed by atoms with E-state index in [4.69, 9.17) is 35.3 Å². The van der Waals surface area contributed by atoms with Crippen LogP contribution in [0.25, 0.3) is 0 Å². The fourth-order valence-electron chi connectivity index (χ4n) is 4.34. The maximum atomic E-state index is 13.9. The van der Waals surface area contributed by atoms with Gasteiger partial charge in [0.15, 0.2) is 5.75 Å². The van der Waals surface area contributed by atoms with Crippen molar-refractivity contribution in [1.82, 2.24) is 0 Å². The first kappa shape index (κ1) is 22.9. The molecule has 8 nitrogen and oxygen atoms in total. The Balaban J connectivity index is 1.76. The Morgan fingerprint density at radius 1 is 1.12 bits per heavy atom. The van der Waals surface area contributed by atoms with E-state index in [2.05, 4.69) is 5.18 Å². The molecule has 33 heavy (non-hydrogen) atoms. The Morgan fingerprint density at radius 2 is 1.82 bits per heavy atom. The zero-order chi connectivity index (χ0) is 23.8. The molecule has 0 fully saturated rings. The number of carbonyl (C=O) groups excluding carboxylic acids is 1. The van der Waals surface area contributed by atoms with Crippen LogP contribution in [-0.2, 0) is 11.3 Å². The predicted octanol–water partition coefficient (Wildman–Crippen LogP) is 4.96. The normalized spacial score (nSPS) is 23.4. The predicted molar refractivity (Wildman–Crippen MR) is 121 cm³/mol. The molecule has 2 aromatic rings. The Morgan fingerprint density at radius 3 is 2.42 bits per heavy atom. The molecular weight excluding hydrogens is 450 g/mol. The van der Waals surface area contributed by atoms with Gasteiger partial charge in [-0.1, -0.05) is 35.8 Å². The average molecular weight is 474 g/mol. The molecule has 0 amide bonds. The van der Waals surface area contributed by atoms with Crippen molar-refractivity contribution < 1.29 is 28.5 Å². The molecule has 4 rings (SSSR count). The van der Waals surface area contributed by atoms with Gasteiger partial charge in [0.05, 0.1) is 21.3 Å². The molecule has 0 N–H and O–H groups in total. The maximum absolute atomic E-state index is 13.9. The Kier molecular flexibility index (Phi) is 6.21. The van der Waals surface area contributed by atoms with E-state index >= 15 is 0 Å². The molecule has 0 saturated heterocycles. The van der Waals surface area contributed by atoms with Gasteiger partial charge in [0, 0.05) is 12.0 Å². The lowest BCUT2D eigenvalue weighted by Crippen LogP contribution is -2.52. The number of nitroso groups, excluding NO2 is 1. The van der Waals surface area contributed by atoms with Gasteiger partial charge in [-0.3, -0.25) is 4.79 Å². The van der Waals surface area contributed by atoms with Crippen LogP contribution < -0.4 is 18.9 Å². The van der Waals surface area contributed by atoms with Gasteiger partial charge in [0.2, 0.25) is 11.4 Å². The summed E-state index contributed by atoms with van der Waals surface area (Å²) in [6.07, 6.45) is 1.87. The minimum absolute atomic E-state index is 0.150. The van der Waals surface area contributed by atoms with E-state index in [-0.39, 0.29) is 40.2 Å². The molecule has 174 valence electrons. The van der Waals surface area contributed by atoms with E-state index in [0.29, 0.717) is 17.9 Å². The molecular formula is C24H24ClNO7. The second-order valence-electron chi connectivity index (χ2n) is 7.94. The van der Waals surface area contributed by atoms with Crippen LogP contribution in [0, 0.1) is 10.8 Å². The van der Waals surface area contributed by atoms with Crippen molar-refractivity contribution in [1.29, 1.82) is 0 Å². The van der Waals surface area contributed by atoms with Crippen LogP contribution >= 0.6 is 11.6 Å². The van der Waals surface area contributed by atoms with E-state index in [1.165, 1.54) is 14.2 Å². The quantitative estimate of drug-likeness (QED) is 0.525. The molecule has 0 aromatic heterocycles. The summed E-state index contributed by atoms with van der Waals surface area (Å²) >= 11 is 6.51. The fraction of sp³-hybridized carbons (Fsp3) is 0.375. The minimum Gasteiger partial charge on any atom is -0.497 e. The van der Waals surface area contributed by atoms with Crippen LogP contribution in [0.3, 0.4) is 0 Å². The van der Waals surface area contributed by atoms with Gasteiger partial charge >= 0.3 is 0 Å². The number of Topliss-reactive ketones (excluding diaryl/α,β-unsaturated/α-hetero) is 1. The van der Waals surface area contributed by atoms with Crippen LogP contribution in [0.15, 0.2) is 47.3 Å². The van der Waals surface area contributed by atoms with Crippen molar-refractivity contribution in [3.05, 3.63) is 63.2 Å². The van der Waals surface area contributed by atoms with Crippen LogP contribution in [0.2, 0.25) is 5.02 Å². The Labute approximate surface area is 196 Å². The summed E-state index contributed by atoms with van der Waals surface area (Å²) in [5, 5.41) is 3.34. The minimum atomic E-state index is -1.50. The van der Waals surface area contributed by atoms with Gasteiger partial charge in [0.1, 0.15) is 46.2 Å². The number of halogens is 1. The van der Waals surface area contributed by atoms with Crippen molar-refractivity contribution in [2.45, 2.75) is 31.6 Å². The molecule has 0 bridgehead atoms. The second-order valence-corrected chi connectivity index (χ2v) is 8.32. The van der Waals surface area contributed by atoms with Crippen LogP contribution in [0.5, 0.6) is 23.0 Å². The van der Waals surface area contributed by atoms with Gasteiger partial charge in [-0.15, -0.1) is 0 Å². The summed E-state index contributed by atoms with van der Waals surface area (Å²) in [6, 6.07) is 8.23. The molecule has 0 radical (unpaired) electrons. The maximum Gasteiger partial charge on any atom is 0.230 e. The highest BCUT2D eigenvalue weighted by atomic mass is 35.5. The smallest absolute Gasteiger partial charge is 0.230 e. The average Bonchev–Trinajstić information content (AvgIpc) is 3.15. The largest absolute Gasteiger partial charge is 0.497 e. The Hall–Kier alpha value is -3.26. The molecule has 0 saturated carbocycles. The van der Waals surface area contributed by atoms with E-state index in [9.17, 15) is 9.70 Å². The first-order valence-corrected chi connectivity index (χ1v) is 10.8. The number of ether oxygens (including phenoxy) is 5. The lowest BCUT2D eigenvalue weighted by molar-refractivity contribution is 0.0000788. The highest BCUT2D eigenvalue weighted by Gasteiger charge is 2.60. The Bertz CT molecular complexity index is 1110. The van der Waals surface area contributed by atoms with Crippen LogP contribution in [0.4, 0.5) is 0 Å². The third-order valence-electron chi connectivity index (χ3n) is 6.11. The fourth-order valence-corrected chi connectivity index (χ4v) is 4.60. The highest BCUT2D eigenvalue weighted by Crippen LogP contribution is 2.55. The van der Waals surface area contributed by atoms with E-state index in [1.807, 2.05) is 31.2 Å². The number of rotatable bonds is 7. The first-order chi connectivity index (χ1) is 15.9. The number of carbonyl (C=O) groups is 1. The van der Waals surface area contributed by atoms with Gasteiger partial charge in [0.25, 0.3) is 0 Å². The zero-order valence-corrected chi connectivity index (χ0v) is 19.5. The molecule has 3 atom stereocenters. The SMILES string of the molecule is COc1ccc(COC2=CC(N=O)C[C@@H](C)[C@]23Oc2c(Cl)c(OC)cc(OC)c2C3=O)cc1. The third kappa shape index (κ3) is 3.68. The summed E-state index contributed by atoms with van der Waals surface area (Å²) in [6.45, 7) is 1.97. The van der Waals surface area contributed by atoms with E-state index in [1.54, 1.807) is 19.3 Å². The molecule has 2 aromatic carbocycles. The van der Waals surface area contributed by atoms with Gasteiger partial charge in [-0.25, -0.2) is 0 Å². The summed E-state index contributed by atoms with van der Waals surface area (Å²) in [7, 11) is 4.51. The summed E-state index contributed by atoms with van der Waals surface area (Å²) < 4.78 is 28.4. The first-order valence-electron chi connectivity index (χ1n) is 10.4. The van der Waals surface area contributed by atoms with Crippen molar-refractivity contribution >= 4 is 17.4 Å². The molecule has 1 spiro atoms. The topological polar surface area (TPSA) is 92.7 Å². The van der Waals surface area contributed by atoms with E-state index < -0.39 is 17.6 Å². The zero-order valence-electron chi connectivity index (χ0n) is 18.7. The number of methoxy groups -OCH3 is 3. The number of nitrogens with zero attached hydrogens (tertiary/aromatic N) is 1. The second kappa shape index (κ2) is 8.94. The van der Waals surface area contributed by atoms with Crippen molar-refractivity contribution in [2.75, 3.05) is 21.3 Å². The number of benzene rings is 2. The molecule has 1 unspecified atom stereocenters. The lowest BCUT2D eigenvalue weighted by atomic mass is 9.74. The number of hydrogen-bond donors (Lipinski definition) is 0. The number of hydrogen-bond acceptors (Lipinski definition) is 8. The number of fused-ring (bicyclic) bond motifs is 1. The molecule has 2 aliphatic rings. The van der Waals surface area contributed by atoms with Gasteiger partial charge in [-0.05, 0) is 30.2 Å². The molecule has 1 aliphatic carbocycles. The standard InChI is InChI=1S/C24H24ClNO7/c1-13-9-15(26-28)10-19(32-12-14-5-7-16(29-2)8-6-14)24(13)23(27)20-17(30-3)11-18(31-4)21(25)22(20)33-24/h5-8,10-11,13,15H,9,12H2,1-4H3/t13-,15?,24+/m1/s1. The van der Waals surface area contributed by atoms with Gasteiger partial charge in [-0.2, -0.15) is 4.91 Å². The summed E-state index contributed by atoms with van der Waals surface area (Å²) in [5.41, 5.74) is -0.438. The van der Waals surface area contributed by atoms with Crippen LogP contribution in [0.1, 0.15) is 29.3 Å². The molecule has 1 aliphatic heterocycles. The molecule has 9 heteroatoms.